The van der Waals surface area contributed by atoms with Gasteiger partial charge < -0.3 is 9.73 Å². The molecular weight excluding hydrogens is 338 g/mol. The molecule has 0 aliphatic rings. The number of amides is 1. The minimum atomic E-state index is -0.372. The van der Waals surface area contributed by atoms with E-state index in [4.69, 9.17) is 16.0 Å². The van der Waals surface area contributed by atoms with Crippen LogP contribution in [0.5, 0.6) is 0 Å². The topological polar surface area (TPSA) is 71.0 Å². The molecule has 0 radical (unpaired) electrons. The van der Waals surface area contributed by atoms with Gasteiger partial charge in [0.2, 0.25) is 5.88 Å². The highest BCUT2D eigenvalue weighted by molar-refractivity contribution is 6.31. The maximum atomic E-state index is 12.7. The third-order valence-electron chi connectivity index (χ3n) is 3.96. The lowest BCUT2D eigenvalue weighted by Crippen LogP contribution is -2.27. The molecule has 6 heteroatoms. The van der Waals surface area contributed by atoms with Crippen molar-refractivity contribution < 1.29 is 9.21 Å². The Morgan fingerprint density at radius 3 is 2.60 bits per heavy atom. The van der Waals surface area contributed by atoms with Crippen LogP contribution < -0.4 is 5.32 Å². The van der Waals surface area contributed by atoms with Gasteiger partial charge in [-0.3, -0.25) is 9.36 Å². The van der Waals surface area contributed by atoms with Crippen molar-refractivity contribution in [2.24, 2.45) is 0 Å². The largest absolute Gasteiger partial charge is 0.443 e. The zero-order chi connectivity index (χ0) is 18.0. The SMILES string of the molecule is Cc1oc(-n2cccc2)c(C#N)c1C(=O)N[C@@H](C)c1ccccc1Cl. The van der Waals surface area contributed by atoms with Crippen LogP contribution >= 0.6 is 11.6 Å². The van der Waals surface area contributed by atoms with E-state index < -0.39 is 0 Å². The quantitative estimate of drug-likeness (QED) is 0.755. The molecule has 0 aliphatic carbocycles. The van der Waals surface area contributed by atoms with Crippen molar-refractivity contribution >= 4 is 17.5 Å². The molecule has 1 atom stereocenters. The van der Waals surface area contributed by atoms with E-state index in [1.807, 2.05) is 37.3 Å². The van der Waals surface area contributed by atoms with Crippen LogP contribution in [0.4, 0.5) is 0 Å². The van der Waals surface area contributed by atoms with Gasteiger partial charge in [0.25, 0.3) is 5.91 Å². The molecule has 1 N–H and O–H groups in total. The smallest absolute Gasteiger partial charge is 0.256 e. The molecule has 126 valence electrons. The molecule has 3 rings (SSSR count). The summed E-state index contributed by atoms with van der Waals surface area (Å²) in [6.07, 6.45) is 3.51. The second kappa shape index (κ2) is 6.88. The lowest BCUT2D eigenvalue weighted by atomic mass is 10.1. The van der Waals surface area contributed by atoms with Crippen LogP contribution in [0.2, 0.25) is 5.02 Å². The highest BCUT2D eigenvalue weighted by Crippen LogP contribution is 2.27. The van der Waals surface area contributed by atoms with Crippen molar-refractivity contribution in [1.82, 2.24) is 9.88 Å². The number of hydrogen-bond acceptors (Lipinski definition) is 3. The summed E-state index contributed by atoms with van der Waals surface area (Å²) in [4.78, 5) is 12.7. The first-order valence-corrected chi connectivity index (χ1v) is 8.12. The molecule has 0 bridgehead atoms. The van der Waals surface area contributed by atoms with Gasteiger partial charge >= 0.3 is 0 Å². The Kier molecular flexibility index (Phi) is 4.64. The number of benzene rings is 1. The van der Waals surface area contributed by atoms with Crippen molar-refractivity contribution in [3.63, 3.8) is 0 Å². The van der Waals surface area contributed by atoms with Crippen LogP contribution in [0.15, 0.2) is 53.2 Å². The maximum absolute atomic E-state index is 12.7. The van der Waals surface area contributed by atoms with Crippen LogP contribution in [-0.2, 0) is 0 Å². The van der Waals surface area contributed by atoms with Gasteiger partial charge in [-0.15, -0.1) is 0 Å². The number of nitriles is 1. The molecule has 0 saturated heterocycles. The summed E-state index contributed by atoms with van der Waals surface area (Å²) in [6.45, 7) is 3.51. The minimum Gasteiger partial charge on any atom is -0.443 e. The number of hydrogen-bond donors (Lipinski definition) is 1. The van der Waals surface area contributed by atoms with Crippen LogP contribution in [0.25, 0.3) is 5.88 Å². The number of rotatable bonds is 4. The molecule has 0 spiro atoms. The summed E-state index contributed by atoms with van der Waals surface area (Å²) in [7, 11) is 0. The zero-order valence-electron chi connectivity index (χ0n) is 13.8. The number of carbonyl (C=O) groups is 1. The molecule has 1 amide bonds. The lowest BCUT2D eigenvalue weighted by molar-refractivity contribution is 0.0938. The van der Waals surface area contributed by atoms with Crippen molar-refractivity contribution in [2.45, 2.75) is 19.9 Å². The number of carbonyl (C=O) groups excluding carboxylic acids is 1. The Balaban J connectivity index is 1.93. The van der Waals surface area contributed by atoms with Crippen molar-refractivity contribution in [1.29, 1.82) is 5.26 Å². The fraction of sp³-hybridized carbons (Fsp3) is 0.158. The first kappa shape index (κ1) is 16.9. The van der Waals surface area contributed by atoms with Gasteiger partial charge in [-0.05, 0) is 37.6 Å². The number of nitrogens with one attached hydrogen (secondary N) is 1. The van der Waals surface area contributed by atoms with E-state index in [-0.39, 0.29) is 23.1 Å². The standard InChI is InChI=1S/C19H16ClN3O2/c1-12(14-7-3-4-8-16(14)20)22-18(24)17-13(2)25-19(15(17)11-21)23-9-5-6-10-23/h3-10,12H,1-2H3,(H,22,24)/t12-/m0/s1. The summed E-state index contributed by atoms with van der Waals surface area (Å²) < 4.78 is 7.33. The van der Waals surface area contributed by atoms with E-state index in [1.54, 1.807) is 30.0 Å². The van der Waals surface area contributed by atoms with Gasteiger partial charge in [0.05, 0.1) is 6.04 Å². The Morgan fingerprint density at radius 2 is 1.96 bits per heavy atom. The molecule has 2 aromatic heterocycles. The zero-order valence-corrected chi connectivity index (χ0v) is 14.5. The number of halogens is 1. The van der Waals surface area contributed by atoms with Gasteiger partial charge in [-0.1, -0.05) is 29.8 Å². The molecule has 0 aliphatic heterocycles. The number of furan rings is 1. The van der Waals surface area contributed by atoms with Gasteiger partial charge in [-0.25, -0.2) is 0 Å². The summed E-state index contributed by atoms with van der Waals surface area (Å²) in [5.41, 5.74) is 1.26. The highest BCUT2D eigenvalue weighted by atomic mass is 35.5. The predicted molar refractivity (Wildman–Crippen MR) is 94.8 cm³/mol. The number of aromatic nitrogens is 1. The summed E-state index contributed by atoms with van der Waals surface area (Å²) in [5, 5.41) is 13.0. The molecule has 0 unspecified atom stereocenters. The van der Waals surface area contributed by atoms with E-state index in [0.717, 1.165) is 5.56 Å². The second-order valence-electron chi connectivity index (χ2n) is 5.63. The molecule has 5 nitrogen and oxygen atoms in total. The first-order valence-electron chi connectivity index (χ1n) is 7.75. The van der Waals surface area contributed by atoms with Gasteiger partial charge in [0.1, 0.15) is 23.0 Å². The first-order chi connectivity index (χ1) is 12.0. The minimum absolute atomic E-state index is 0.206. The normalized spacial score (nSPS) is 11.8. The highest BCUT2D eigenvalue weighted by Gasteiger charge is 2.25. The third-order valence-corrected chi connectivity index (χ3v) is 4.31. The van der Waals surface area contributed by atoms with E-state index >= 15 is 0 Å². The third kappa shape index (κ3) is 3.17. The fourth-order valence-electron chi connectivity index (χ4n) is 2.73. The average molecular weight is 354 g/mol. The molecule has 2 heterocycles. The maximum Gasteiger partial charge on any atom is 0.256 e. The monoisotopic (exact) mass is 353 g/mol. The summed E-state index contributed by atoms with van der Waals surface area (Å²) in [5.74, 6) is 0.355. The Labute approximate surface area is 150 Å². The van der Waals surface area contributed by atoms with Crippen LogP contribution in [0.3, 0.4) is 0 Å². The van der Waals surface area contributed by atoms with Crippen LogP contribution in [0.1, 0.15) is 40.2 Å². The summed E-state index contributed by atoms with van der Waals surface area (Å²) in [6, 6.07) is 12.7. The molecule has 25 heavy (non-hydrogen) atoms. The fourth-order valence-corrected chi connectivity index (χ4v) is 3.03. The lowest BCUT2D eigenvalue weighted by Gasteiger charge is -2.15. The van der Waals surface area contributed by atoms with E-state index in [2.05, 4.69) is 11.4 Å². The number of nitrogens with zero attached hydrogens (tertiary/aromatic N) is 2. The van der Waals surface area contributed by atoms with E-state index in [9.17, 15) is 10.1 Å². The molecule has 0 saturated carbocycles. The molecule has 0 fully saturated rings. The molecule has 3 aromatic rings. The Bertz CT molecular complexity index is 952. The van der Waals surface area contributed by atoms with E-state index in [1.165, 1.54) is 0 Å². The number of aryl methyl sites for hydroxylation is 1. The van der Waals surface area contributed by atoms with Crippen LogP contribution in [-0.4, -0.2) is 10.5 Å². The van der Waals surface area contributed by atoms with Crippen molar-refractivity contribution in [3.8, 4) is 12.0 Å². The van der Waals surface area contributed by atoms with E-state index in [0.29, 0.717) is 16.7 Å². The Hall–Kier alpha value is -2.97. The van der Waals surface area contributed by atoms with Gasteiger partial charge in [0, 0.05) is 17.4 Å². The summed E-state index contributed by atoms with van der Waals surface area (Å²) >= 11 is 6.18. The van der Waals surface area contributed by atoms with Gasteiger partial charge in [-0.2, -0.15) is 5.26 Å². The van der Waals surface area contributed by atoms with Crippen molar-refractivity contribution in [3.05, 3.63) is 76.3 Å². The van der Waals surface area contributed by atoms with Crippen molar-refractivity contribution in [2.75, 3.05) is 0 Å². The molecular formula is C19H16ClN3O2. The van der Waals surface area contributed by atoms with Crippen LogP contribution in [0, 0.1) is 18.3 Å². The average Bonchev–Trinajstić information content (AvgIpc) is 3.22. The molecule has 1 aromatic carbocycles. The van der Waals surface area contributed by atoms with Gasteiger partial charge in [0.15, 0.2) is 0 Å². The predicted octanol–water partition coefficient (Wildman–Crippen LogP) is 4.39. The second-order valence-corrected chi connectivity index (χ2v) is 6.04. The Morgan fingerprint density at radius 1 is 1.28 bits per heavy atom.